The molecule has 0 amide bonds. The van der Waals surface area contributed by atoms with E-state index in [4.69, 9.17) is 5.73 Å². The standard InChI is InChI=1S/C13H18BrN3/c1-3-8-17-12(15)16-9-13(17,2)10-6-4-5-7-11(10)14/h4-7H,3,8-9H2,1-2H3,(H2,15,16). The zero-order chi connectivity index (χ0) is 12.5. The summed E-state index contributed by atoms with van der Waals surface area (Å²) in [6, 6.07) is 8.30. The fraction of sp³-hybridized carbons (Fsp3) is 0.462. The third-order valence-corrected chi connectivity index (χ3v) is 4.01. The second kappa shape index (κ2) is 4.69. The van der Waals surface area contributed by atoms with Crippen molar-refractivity contribution in [3.8, 4) is 0 Å². The average Bonchev–Trinajstić information content (AvgIpc) is 2.59. The first-order chi connectivity index (χ1) is 8.09. The molecule has 1 aliphatic heterocycles. The second-order valence-corrected chi connectivity index (χ2v) is 5.43. The first-order valence-corrected chi connectivity index (χ1v) is 6.71. The van der Waals surface area contributed by atoms with E-state index in [2.05, 4.69) is 57.9 Å². The van der Waals surface area contributed by atoms with E-state index < -0.39 is 0 Å². The highest BCUT2D eigenvalue weighted by atomic mass is 79.9. The van der Waals surface area contributed by atoms with Crippen LogP contribution in [-0.4, -0.2) is 23.9 Å². The minimum atomic E-state index is -0.125. The summed E-state index contributed by atoms with van der Waals surface area (Å²) in [5.41, 5.74) is 7.11. The monoisotopic (exact) mass is 295 g/mol. The molecule has 0 fully saturated rings. The first kappa shape index (κ1) is 12.4. The summed E-state index contributed by atoms with van der Waals surface area (Å²) in [4.78, 5) is 6.61. The molecule has 2 rings (SSSR count). The maximum absolute atomic E-state index is 5.99. The molecule has 0 aliphatic carbocycles. The maximum Gasteiger partial charge on any atom is 0.192 e. The lowest BCUT2D eigenvalue weighted by Gasteiger charge is -2.37. The van der Waals surface area contributed by atoms with Crippen LogP contribution in [0.5, 0.6) is 0 Å². The van der Waals surface area contributed by atoms with Gasteiger partial charge in [0.15, 0.2) is 5.96 Å². The molecular weight excluding hydrogens is 278 g/mol. The van der Waals surface area contributed by atoms with E-state index in [-0.39, 0.29) is 5.54 Å². The smallest absolute Gasteiger partial charge is 0.192 e. The number of benzene rings is 1. The van der Waals surface area contributed by atoms with Gasteiger partial charge in [-0.1, -0.05) is 41.1 Å². The number of hydrogen-bond donors (Lipinski definition) is 1. The molecule has 92 valence electrons. The molecule has 1 atom stereocenters. The molecule has 17 heavy (non-hydrogen) atoms. The molecule has 0 radical (unpaired) electrons. The van der Waals surface area contributed by atoms with Crippen molar-refractivity contribution in [1.29, 1.82) is 0 Å². The Kier molecular flexibility index (Phi) is 3.43. The number of guanidine groups is 1. The summed E-state index contributed by atoms with van der Waals surface area (Å²) in [5.74, 6) is 0.658. The number of rotatable bonds is 3. The van der Waals surface area contributed by atoms with E-state index in [0.717, 1.165) is 24.0 Å². The third kappa shape index (κ3) is 2.06. The van der Waals surface area contributed by atoms with Crippen LogP contribution in [0.25, 0.3) is 0 Å². The number of halogens is 1. The Morgan fingerprint density at radius 2 is 2.18 bits per heavy atom. The predicted octanol–water partition coefficient (Wildman–Crippen LogP) is 2.70. The first-order valence-electron chi connectivity index (χ1n) is 5.92. The van der Waals surface area contributed by atoms with E-state index in [0.29, 0.717) is 5.96 Å². The van der Waals surface area contributed by atoms with Gasteiger partial charge in [-0.15, -0.1) is 0 Å². The summed E-state index contributed by atoms with van der Waals surface area (Å²) >= 11 is 3.62. The van der Waals surface area contributed by atoms with Gasteiger partial charge in [-0.05, 0) is 25.0 Å². The molecule has 1 unspecified atom stereocenters. The van der Waals surface area contributed by atoms with Crippen LogP contribution in [0, 0.1) is 0 Å². The second-order valence-electron chi connectivity index (χ2n) is 4.58. The van der Waals surface area contributed by atoms with Crippen molar-refractivity contribution in [2.45, 2.75) is 25.8 Å². The van der Waals surface area contributed by atoms with E-state index >= 15 is 0 Å². The summed E-state index contributed by atoms with van der Waals surface area (Å²) in [6.07, 6.45) is 1.07. The van der Waals surface area contributed by atoms with Gasteiger partial charge in [0.25, 0.3) is 0 Å². The van der Waals surface area contributed by atoms with Crippen molar-refractivity contribution in [3.05, 3.63) is 34.3 Å². The lowest BCUT2D eigenvalue weighted by Crippen LogP contribution is -2.47. The summed E-state index contributed by atoms with van der Waals surface area (Å²) in [6.45, 7) is 6.02. The Morgan fingerprint density at radius 1 is 1.47 bits per heavy atom. The Bertz CT molecular complexity index is 444. The number of nitrogens with two attached hydrogens (primary N) is 1. The molecule has 0 bridgehead atoms. The highest BCUT2D eigenvalue weighted by Gasteiger charge is 2.39. The molecular formula is C13H18BrN3. The molecule has 2 N–H and O–H groups in total. The number of nitrogens with zero attached hydrogens (tertiary/aromatic N) is 2. The lowest BCUT2D eigenvalue weighted by atomic mass is 9.91. The zero-order valence-corrected chi connectivity index (χ0v) is 11.9. The Balaban J connectivity index is 2.40. The number of hydrogen-bond acceptors (Lipinski definition) is 3. The van der Waals surface area contributed by atoms with Crippen LogP contribution >= 0.6 is 15.9 Å². The predicted molar refractivity (Wildman–Crippen MR) is 75.0 cm³/mol. The van der Waals surface area contributed by atoms with Crippen LogP contribution in [0.2, 0.25) is 0 Å². The van der Waals surface area contributed by atoms with E-state index in [1.807, 2.05) is 6.07 Å². The SMILES string of the molecule is CCCN1C(N)=NCC1(C)c1ccccc1Br. The van der Waals surface area contributed by atoms with Gasteiger partial charge in [0.2, 0.25) is 0 Å². The largest absolute Gasteiger partial charge is 0.370 e. The van der Waals surface area contributed by atoms with Crippen molar-refractivity contribution >= 4 is 21.9 Å². The maximum atomic E-state index is 5.99. The van der Waals surface area contributed by atoms with E-state index in [9.17, 15) is 0 Å². The van der Waals surface area contributed by atoms with Crippen LogP contribution in [0.4, 0.5) is 0 Å². The Hall–Kier alpha value is -1.03. The van der Waals surface area contributed by atoms with Crippen LogP contribution in [0.3, 0.4) is 0 Å². The highest BCUT2D eigenvalue weighted by Crippen LogP contribution is 2.36. The molecule has 1 aromatic carbocycles. The van der Waals surface area contributed by atoms with E-state index in [1.165, 1.54) is 5.56 Å². The summed E-state index contributed by atoms with van der Waals surface area (Å²) in [5, 5.41) is 0. The summed E-state index contributed by atoms with van der Waals surface area (Å²) < 4.78 is 1.12. The molecule has 0 saturated carbocycles. The Labute approximate surface area is 111 Å². The fourth-order valence-electron chi connectivity index (χ4n) is 2.37. The van der Waals surface area contributed by atoms with Crippen LogP contribution in [0.15, 0.2) is 33.7 Å². The van der Waals surface area contributed by atoms with Crippen molar-refractivity contribution in [2.75, 3.05) is 13.1 Å². The Morgan fingerprint density at radius 3 is 2.82 bits per heavy atom. The molecule has 3 nitrogen and oxygen atoms in total. The van der Waals surface area contributed by atoms with Crippen LogP contribution < -0.4 is 5.73 Å². The topological polar surface area (TPSA) is 41.6 Å². The average molecular weight is 296 g/mol. The van der Waals surface area contributed by atoms with Gasteiger partial charge < -0.3 is 10.6 Å². The van der Waals surface area contributed by atoms with Crippen LogP contribution in [-0.2, 0) is 5.54 Å². The molecule has 0 aromatic heterocycles. The molecule has 4 heteroatoms. The lowest BCUT2D eigenvalue weighted by molar-refractivity contribution is 0.224. The van der Waals surface area contributed by atoms with Crippen molar-refractivity contribution in [3.63, 3.8) is 0 Å². The molecule has 1 aromatic rings. The minimum absolute atomic E-state index is 0.125. The van der Waals surface area contributed by atoms with Gasteiger partial charge in [-0.2, -0.15) is 0 Å². The molecule has 0 spiro atoms. The quantitative estimate of drug-likeness (QED) is 0.932. The fourth-order valence-corrected chi connectivity index (χ4v) is 3.08. The molecule has 1 aliphatic rings. The zero-order valence-electron chi connectivity index (χ0n) is 10.3. The summed E-state index contributed by atoms with van der Waals surface area (Å²) in [7, 11) is 0. The van der Waals surface area contributed by atoms with Crippen molar-refractivity contribution < 1.29 is 0 Å². The highest BCUT2D eigenvalue weighted by molar-refractivity contribution is 9.10. The van der Waals surface area contributed by atoms with Gasteiger partial charge in [-0.25, -0.2) is 0 Å². The molecule has 0 saturated heterocycles. The van der Waals surface area contributed by atoms with Crippen molar-refractivity contribution in [2.24, 2.45) is 10.7 Å². The van der Waals surface area contributed by atoms with Gasteiger partial charge in [-0.3, -0.25) is 4.99 Å². The van der Waals surface area contributed by atoms with E-state index in [1.54, 1.807) is 0 Å². The minimum Gasteiger partial charge on any atom is -0.370 e. The van der Waals surface area contributed by atoms with Crippen molar-refractivity contribution in [1.82, 2.24) is 4.90 Å². The normalized spacial score (nSPS) is 23.9. The van der Waals surface area contributed by atoms with Gasteiger partial charge in [0, 0.05) is 11.0 Å². The van der Waals surface area contributed by atoms with Crippen LogP contribution in [0.1, 0.15) is 25.8 Å². The third-order valence-electron chi connectivity index (χ3n) is 3.32. The van der Waals surface area contributed by atoms with Gasteiger partial charge >= 0.3 is 0 Å². The molecule has 1 heterocycles. The number of aliphatic imine (C=N–C) groups is 1. The van der Waals surface area contributed by atoms with Gasteiger partial charge in [0.05, 0.1) is 12.1 Å². The van der Waals surface area contributed by atoms with Gasteiger partial charge in [0.1, 0.15) is 0 Å².